The minimum absolute atomic E-state index is 0.292. The van der Waals surface area contributed by atoms with Gasteiger partial charge in [-0.1, -0.05) is 33.2 Å². The Morgan fingerprint density at radius 1 is 1.30 bits per heavy atom. The zero-order valence-corrected chi connectivity index (χ0v) is 11.7. The van der Waals surface area contributed by atoms with Gasteiger partial charge in [0.05, 0.1) is 6.21 Å². The number of aromatic nitrogens is 4. The Bertz CT molecular complexity index is 721. The lowest BCUT2D eigenvalue weighted by atomic mass is 10.2. The van der Waals surface area contributed by atoms with Crippen LogP contribution in [0.4, 0.5) is 5.95 Å². The highest BCUT2D eigenvalue weighted by Crippen LogP contribution is 2.24. The van der Waals surface area contributed by atoms with Crippen molar-refractivity contribution in [2.75, 3.05) is 5.43 Å². The van der Waals surface area contributed by atoms with Gasteiger partial charge in [-0.25, -0.2) is 5.43 Å². The summed E-state index contributed by atoms with van der Waals surface area (Å²) in [7, 11) is 0. The van der Waals surface area contributed by atoms with E-state index in [1.165, 1.54) is 6.21 Å². The third-order valence-electron chi connectivity index (χ3n) is 2.44. The van der Waals surface area contributed by atoms with E-state index in [-0.39, 0.29) is 0 Å². The number of aromatic amines is 1. The monoisotopic (exact) mass is 332 g/mol. The highest BCUT2D eigenvalue weighted by Gasteiger charge is 2.03. The number of H-pyrrole nitrogens is 1. The van der Waals surface area contributed by atoms with Gasteiger partial charge in [0.15, 0.2) is 0 Å². The Labute approximate surface area is 122 Å². The molecule has 0 atom stereocenters. The van der Waals surface area contributed by atoms with Crippen LogP contribution in [0.5, 0.6) is 0 Å². The number of tetrazole rings is 1. The number of furan rings is 1. The van der Waals surface area contributed by atoms with Crippen LogP contribution in [0.3, 0.4) is 0 Å². The molecule has 0 spiro atoms. The predicted octanol–water partition coefficient (Wildman–Crippen LogP) is 2.67. The standard InChI is InChI=1S/C12H9BrN6O/c13-9-3-1-2-8(6-9)11-5-4-10(20-11)7-14-15-12-16-18-19-17-12/h1-7H,(H2,15,16,17,18,19)/b14-7-. The Kier molecular flexibility index (Phi) is 3.55. The molecule has 3 rings (SSSR count). The van der Waals surface area contributed by atoms with Crippen LogP contribution in [0.15, 0.2) is 50.4 Å². The molecular formula is C12H9BrN6O. The molecule has 100 valence electrons. The first-order chi connectivity index (χ1) is 9.81. The van der Waals surface area contributed by atoms with Crippen molar-refractivity contribution in [3.63, 3.8) is 0 Å². The third kappa shape index (κ3) is 2.91. The van der Waals surface area contributed by atoms with Gasteiger partial charge in [-0.05, 0) is 29.5 Å². The molecule has 20 heavy (non-hydrogen) atoms. The lowest BCUT2D eigenvalue weighted by Crippen LogP contribution is -1.91. The lowest BCUT2D eigenvalue weighted by molar-refractivity contribution is 0.575. The zero-order valence-electron chi connectivity index (χ0n) is 10.1. The van der Waals surface area contributed by atoms with Gasteiger partial charge in [0.1, 0.15) is 11.5 Å². The second kappa shape index (κ2) is 5.66. The number of rotatable bonds is 4. The molecule has 0 aliphatic rings. The van der Waals surface area contributed by atoms with Crippen molar-refractivity contribution in [3.05, 3.63) is 46.6 Å². The Morgan fingerprint density at radius 2 is 2.25 bits per heavy atom. The maximum atomic E-state index is 5.67. The van der Waals surface area contributed by atoms with Gasteiger partial charge in [-0.15, -0.1) is 5.10 Å². The van der Waals surface area contributed by atoms with Crippen LogP contribution in [-0.4, -0.2) is 26.8 Å². The summed E-state index contributed by atoms with van der Waals surface area (Å²) in [6.45, 7) is 0. The maximum Gasteiger partial charge on any atom is 0.283 e. The third-order valence-corrected chi connectivity index (χ3v) is 2.93. The first-order valence-electron chi connectivity index (χ1n) is 5.69. The van der Waals surface area contributed by atoms with Crippen molar-refractivity contribution >= 4 is 28.1 Å². The van der Waals surface area contributed by atoms with E-state index < -0.39 is 0 Å². The summed E-state index contributed by atoms with van der Waals surface area (Å²) in [5.74, 6) is 1.68. The van der Waals surface area contributed by atoms with E-state index in [4.69, 9.17) is 4.42 Å². The SMILES string of the molecule is Brc1cccc(-c2ccc(/C=N\Nc3nn[nH]n3)o2)c1. The molecule has 0 amide bonds. The Morgan fingerprint density at radius 3 is 3.05 bits per heavy atom. The Balaban J connectivity index is 1.72. The molecule has 0 radical (unpaired) electrons. The van der Waals surface area contributed by atoms with E-state index in [0.717, 1.165) is 15.8 Å². The summed E-state index contributed by atoms with van der Waals surface area (Å²) in [5, 5.41) is 17.1. The average molecular weight is 333 g/mol. The summed E-state index contributed by atoms with van der Waals surface area (Å²) in [6.07, 6.45) is 1.54. The molecule has 8 heteroatoms. The van der Waals surface area contributed by atoms with E-state index >= 15 is 0 Å². The van der Waals surface area contributed by atoms with E-state index in [1.807, 2.05) is 36.4 Å². The fraction of sp³-hybridized carbons (Fsp3) is 0. The molecule has 3 aromatic rings. The fourth-order valence-electron chi connectivity index (χ4n) is 1.58. The molecule has 0 bridgehead atoms. The molecule has 0 aliphatic carbocycles. The van der Waals surface area contributed by atoms with Gasteiger partial charge in [-0.2, -0.15) is 10.3 Å². The highest BCUT2D eigenvalue weighted by atomic mass is 79.9. The van der Waals surface area contributed by atoms with E-state index in [0.29, 0.717) is 11.7 Å². The summed E-state index contributed by atoms with van der Waals surface area (Å²) in [6, 6.07) is 11.6. The summed E-state index contributed by atoms with van der Waals surface area (Å²) < 4.78 is 6.67. The highest BCUT2D eigenvalue weighted by molar-refractivity contribution is 9.10. The molecule has 0 aliphatic heterocycles. The summed E-state index contributed by atoms with van der Waals surface area (Å²) >= 11 is 3.43. The first-order valence-corrected chi connectivity index (χ1v) is 6.49. The van der Waals surface area contributed by atoms with E-state index in [9.17, 15) is 0 Å². The maximum absolute atomic E-state index is 5.67. The van der Waals surface area contributed by atoms with Crippen molar-refractivity contribution in [1.82, 2.24) is 20.6 Å². The van der Waals surface area contributed by atoms with Crippen LogP contribution < -0.4 is 5.43 Å². The number of benzene rings is 1. The molecule has 7 nitrogen and oxygen atoms in total. The molecule has 1 aromatic carbocycles. The normalized spacial score (nSPS) is 11.1. The lowest BCUT2D eigenvalue weighted by Gasteiger charge is -1.97. The average Bonchev–Trinajstić information content (AvgIpc) is 3.10. The number of anilines is 1. The van der Waals surface area contributed by atoms with Crippen LogP contribution in [0, 0.1) is 0 Å². The first kappa shape index (κ1) is 12.5. The van der Waals surface area contributed by atoms with Gasteiger partial charge in [0.2, 0.25) is 0 Å². The minimum atomic E-state index is 0.292. The van der Waals surface area contributed by atoms with Crippen molar-refractivity contribution in [2.45, 2.75) is 0 Å². The van der Waals surface area contributed by atoms with Gasteiger partial charge in [-0.3, -0.25) is 0 Å². The molecule has 2 heterocycles. The largest absolute Gasteiger partial charge is 0.455 e. The van der Waals surface area contributed by atoms with Gasteiger partial charge in [0.25, 0.3) is 5.95 Å². The molecule has 0 saturated carbocycles. The Hall–Kier alpha value is -2.48. The zero-order chi connectivity index (χ0) is 13.8. The topological polar surface area (TPSA) is 92.0 Å². The van der Waals surface area contributed by atoms with Crippen LogP contribution in [0.25, 0.3) is 11.3 Å². The van der Waals surface area contributed by atoms with Gasteiger partial charge >= 0.3 is 0 Å². The number of nitrogens with one attached hydrogen (secondary N) is 2. The van der Waals surface area contributed by atoms with Crippen LogP contribution in [0.1, 0.15) is 5.76 Å². The molecule has 0 saturated heterocycles. The van der Waals surface area contributed by atoms with Crippen molar-refractivity contribution in [1.29, 1.82) is 0 Å². The number of nitrogens with zero attached hydrogens (tertiary/aromatic N) is 4. The van der Waals surface area contributed by atoms with E-state index in [2.05, 4.69) is 47.1 Å². The van der Waals surface area contributed by atoms with Crippen molar-refractivity contribution in [2.24, 2.45) is 5.10 Å². The van der Waals surface area contributed by atoms with Crippen LogP contribution >= 0.6 is 15.9 Å². The molecule has 2 aromatic heterocycles. The quantitative estimate of drug-likeness (QED) is 0.566. The summed E-state index contributed by atoms with van der Waals surface area (Å²) in [5.41, 5.74) is 3.61. The van der Waals surface area contributed by atoms with Crippen LogP contribution in [0.2, 0.25) is 0 Å². The van der Waals surface area contributed by atoms with Crippen LogP contribution in [-0.2, 0) is 0 Å². The molecule has 0 fully saturated rings. The predicted molar refractivity (Wildman–Crippen MR) is 77.2 cm³/mol. The van der Waals surface area contributed by atoms with E-state index in [1.54, 1.807) is 0 Å². The van der Waals surface area contributed by atoms with Crippen molar-refractivity contribution < 1.29 is 4.42 Å². The minimum Gasteiger partial charge on any atom is -0.455 e. The van der Waals surface area contributed by atoms with Gasteiger partial charge in [0, 0.05) is 10.0 Å². The number of halogens is 1. The molecule has 0 unspecified atom stereocenters. The second-order valence-corrected chi connectivity index (χ2v) is 4.73. The second-order valence-electron chi connectivity index (χ2n) is 3.82. The smallest absolute Gasteiger partial charge is 0.283 e. The molecular weight excluding hydrogens is 324 g/mol. The number of hydrogen-bond donors (Lipinski definition) is 2. The molecule has 2 N–H and O–H groups in total. The fourth-order valence-corrected chi connectivity index (χ4v) is 1.98. The van der Waals surface area contributed by atoms with Gasteiger partial charge < -0.3 is 4.42 Å². The number of hydrazone groups is 1. The van der Waals surface area contributed by atoms with Crippen molar-refractivity contribution in [3.8, 4) is 11.3 Å². The number of hydrogen-bond acceptors (Lipinski definition) is 6. The summed E-state index contributed by atoms with van der Waals surface area (Å²) in [4.78, 5) is 0.